The molecule has 15 heavy (non-hydrogen) atoms. The molecule has 2 rings (SSSR count). The first-order valence-electron chi connectivity index (χ1n) is 4.86. The third kappa shape index (κ3) is 1.68. The largest absolute Gasteiger partial charge is 0.331 e. The molecule has 0 aliphatic rings. The Morgan fingerprint density at radius 3 is 3.13 bits per heavy atom. The van der Waals surface area contributed by atoms with Crippen LogP contribution in [0.3, 0.4) is 0 Å². The molecule has 0 radical (unpaired) electrons. The molecule has 0 spiro atoms. The zero-order valence-corrected chi connectivity index (χ0v) is 8.39. The molecular weight excluding hydrogens is 188 g/mol. The lowest BCUT2D eigenvalue weighted by Crippen LogP contribution is -1.95. The number of carbonyl (C=O) groups is 1. The Kier molecular flexibility index (Phi) is 2.63. The minimum absolute atomic E-state index is 0.696. The summed E-state index contributed by atoms with van der Waals surface area (Å²) in [5, 5.41) is 0.913. The van der Waals surface area contributed by atoms with Gasteiger partial charge < -0.3 is 4.57 Å². The van der Waals surface area contributed by atoms with Crippen molar-refractivity contribution in [2.75, 3.05) is 0 Å². The monoisotopic (exact) mass is 200 g/mol. The number of hydrogen-bond donors (Lipinski definition) is 0. The second kappa shape index (κ2) is 4.09. The predicted molar refractivity (Wildman–Crippen MR) is 59.9 cm³/mol. The van der Waals surface area contributed by atoms with Crippen LogP contribution >= 0.6 is 0 Å². The van der Waals surface area contributed by atoms with Crippen molar-refractivity contribution >= 4 is 17.3 Å². The van der Waals surface area contributed by atoms with Crippen LogP contribution in [0, 0.1) is 0 Å². The van der Waals surface area contributed by atoms with E-state index >= 15 is 0 Å². The van der Waals surface area contributed by atoms with Crippen LogP contribution in [-0.2, 0) is 6.54 Å². The zero-order valence-electron chi connectivity index (χ0n) is 8.39. The van der Waals surface area contributed by atoms with Gasteiger partial charge in [-0.1, -0.05) is 6.08 Å². The molecule has 2 aromatic heterocycles. The van der Waals surface area contributed by atoms with Crippen molar-refractivity contribution in [2.24, 2.45) is 0 Å². The maximum absolute atomic E-state index is 10.8. The first kappa shape index (κ1) is 9.65. The molecule has 3 nitrogen and oxygen atoms in total. The Balaban J connectivity index is 2.54. The maximum Gasteiger partial charge on any atom is 0.152 e. The summed E-state index contributed by atoms with van der Waals surface area (Å²) in [5.41, 5.74) is 1.56. The summed E-state index contributed by atoms with van der Waals surface area (Å²) in [6, 6.07) is 3.75. The molecule has 2 aromatic rings. The summed E-state index contributed by atoms with van der Waals surface area (Å²) in [6.07, 6.45) is 7.18. The molecule has 0 N–H and O–H groups in total. The fourth-order valence-electron chi connectivity index (χ4n) is 1.64. The highest BCUT2D eigenvalue weighted by Gasteiger charge is 2.07. The van der Waals surface area contributed by atoms with Gasteiger partial charge >= 0.3 is 0 Å². The van der Waals surface area contributed by atoms with Gasteiger partial charge in [-0.3, -0.25) is 4.79 Å². The second-order valence-electron chi connectivity index (χ2n) is 3.35. The first-order valence-corrected chi connectivity index (χ1v) is 4.86. The summed E-state index contributed by atoms with van der Waals surface area (Å²) in [4.78, 5) is 15.1. The standard InChI is InChI=1S/C12H12N2O/c1-2-3-7-14-8-10(9-15)11-5-4-6-13-12(11)14/h2,4-6,8-9H,1,3,7H2. The molecule has 0 aromatic carbocycles. The second-order valence-corrected chi connectivity index (χ2v) is 3.35. The highest BCUT2D eigenvalue weighted by molar-refractivity contribution is 5.95. The highest BCUT2D eigenvalue weighted by Crippen LogP contribution is 2.17. The van der Waals surface area contributed by atoms with Gasteiger partial charge in [0, 0.05) is 29.9 Å². The number of nitrogens with zero attached hydrogens (tertiary/aromatic N) is 2. The van der Waals surface area contributed by atoms with Crippen LogP contribution in [0.4, 0.5) is 0 Å². The number of rotatable bonds is 4. The van der Waals surface area contributed by atoms with Crippen molar-refractivity contribution in [3.8, 4) is 0 Å². The third-order valence-electron chi connectivity index (χ3n) is 2.37. The molecule has 0 fully saturated rings. The molecule has 0 amide bonds. The van der Waals surface area contributed by atoms with Crippen molar-refractivity contribution in [3.63, 3.8) is 0 Å². The molecule has 0 unspecified atom stereocenters. The lowest BCUT2D eigenvalue weighted by molar-refractivity contribution is 0.112. The number of fused-ring (bicyclic) bond motifs is 1. The van der Waals surface area contributed by atoms with Gasteiger partial charge in [-0.25, -0.2) is 4.98 Å². The minimum Gasteiger partial charge on any atom is -0.331 e. The van der Waals surface area contributed by atoms with Crippen molar-refractivity contribution in [2.45, 2.75) is 13.0 Å². The van der Waals surface area contributed by atoms with E-state index in [1.165, 1.54) is 0 Å². The number of allylic oxidation sites excluding steroid dienone is 1. The van der Waals surface area contributed by atoms with Gasteiger partial charge in [-0.15, -0.1) is 6.58 Å². The van der Waals surface area contributed by atoms with Crippen molar-refractivity contribution in [3.05, 3.63) is 42.7 Å². The summed E-state index contributed by atoms with van der Waals surface area (Å²) in [7, 11) is 0. The van der Waals surface area contributed by atoms with Crippen LogP contribution in [0.2, 0.25) is 0 Å². The summed E-state index contributed by atoms with van der Waals surface area (Å²) in [6.45, 7) is 4.49. The van der Waals surface area contributed by atoms with E-state index in [2.05, 4.69) is 11.6 Å². The van der Waals surface area contributed by atoms with Crippen LogP contribution in [0.5, 0.6) is 0 Å². The molecule has 3 heteroatoms. The topological polar surface area (TPSA) is 34.9 Å². The van der Waals surface area contributed by atoms with Crippen molar-refractivity contribution in [1.82, 2.24) is 9.55 Å². The molecule has 0 aliphatic heterocycles. The molecule has 0 saturated carbocycles. The van der Waals surface area contributed by atoms with Crippen LogP contribution < -0.4 is 0 Å². The van der Waals surface area contributed by atoms with Gasteiger partial charge in [0.25, 0.3) is 0 Å². The van der Waals surface area contributed by atoms with Gasteiger partial charge in [0.1, 0.15) is 5.65 Å². The Morgan fingerprint density at radius 2 is 2.40 bits per heavy atom. The Morgan fingerprint density at radius 1 is 1.53 bits per heavy atom. The minimum atomic E-state index is 0.696. The fraction of sp³-hybridized carbons (Fsp3) is 0.167. The summed E-state index contributed by atoms with van der Waals surface area (Å²) < 4.78 is 1.99. The lowest BCUT2D eigenvalue weighted by Gasteiger charge is -2.00. The summed E-state index contributed by atoms with van der Waals surface area (Å²) in [5.74, 6) is 0. The van der Waals surface area contributed by atoms with Gasteiger partial charge in [-0.2, -0.15) is 0 Å². The smallest absolute Gasteiger partial charge is 0.152 e. The summed E-state index contributed by atoms with van der Waals surface area (Å²) >= 11 is 0. The van der Waals surface area contributed by atoms with Crippen LogP contribution in [-0.4, -0.2) is 15.8 Å². The number of aldehydes is 1. The number of aromatic nitrogens is 2. The van der Waals surface area contributed by atoms with E-state index in [0.717, 1.165) is 30.3 Å². The van der Waals surface area contributed by atoms with E-state index in [0.29, 0.717) is 5.56 Å². The van der Waals surface area contributed by atoms with E-state index < -0.39 is 0 Å². The van der Waals surface area contributed by atoms with E-state index in [4.69, 9.17) is 0 Å². The lowest BCUT2D eigenvalue weighted by atomic mass is 10.2. The Bertz CT molecular complexity index is 499. The highest BCUT2D eigenvalue weighted by atomic mass is 16.1. The van der Waals surface area contributed by atoms with Crippen LogP contribution in [0.15, 0.2) is 37.2 Å². The Hall–Kier alpha value is -1.90. The van der Waals surface area contributed by atoms with Gasteiger partial charge in [0.05, 0.1) is 0 Å². The average molecular weight is 200 g/mol. The normalized spacial score (nSPS) is 10.4. The van der Waals surface area contributed by atoms with Gasteiger partial charge in [-0.05, 0) is 18.6 Å². The van der Waals surface area contributed by atoms with Gasteiger partial charge in [0.2, 0.25) is 0 Å². The SMILES string of the molecule is C=CCCn1cc(C=O)c2cccnc21. The van der Waals surface area contributed by atoms with Gasteiger partial charge in [0.15, 0.2) is 6.29 Å². The molecule has 0 atom stereocenters. The Labute approximate surface area is 88.0 Å². The van der Waals surface area contributed by atoms with Crippen LogP contribution in [0.1, 0.15) is 16.8 Å². The number of pyridine rings is 1. The molecule has 0 saturated heterocycles. The quantitative estimate of drug-likeness (QED) is 0.561. The maximum atomic E-state index is 10.8. The number of hydrogen-bond acceptors (Lipinski definition) is 2. The molecule has 2 heterocycles. The van der Waals surface area contributed by atoms with Crippen molar-refractivity contribution in [1.29, 1.82) is 0 Å². The van der Waals surface area contributed by atoms with Crippen molar-refractivity contribution < 1.29 is 4.79 Å². The fourth-order valence-corrected chi connectivity index (χ4v) is 1.64. The van der Waals surface area contributed by atoms with E-state index in [1.807, 2.05) is 29.0 Å². The zero-order chi connectivity index (χ0) is 10.7. The number of aryl methyl sites for hydroxylation is 1. The van der Waals surface area contributed by atoms with E-state index in [9.17, 15) is 4.79 Å². The first-order chi connectivity index (χ1) is 7.36. The molecule has 0 aliphatic carbocycles. The average Bonchev–Trinajstić information content (AvgIpc) is 2.65. The predicted octanol–water partition coefficient (Wildman–Crippen LogP) is 2.42. The third-order valence-corrected chi connectivity index (χ3v) is 2.37. The van der Waals surface area contributed by atoms with E-state index in [1.54, 1.807) is 6.20 Å². The molecule has 76 valence electrons. The molecule has 0 bridgehead atoms. The molecular formula is C12H12N2O. The van der Waals surface area contributed by atoms with Crippen LogP contribution in [0.25, 0.3) is 11.0 Å². The number of carbonyl (C=O) groups excluding carboxylic acids is 1. The van der Waals surface area contributed by atoms with E-state index in [-0.39, 0.29) is 0 Å².